The molecule has 0 spiro atoms. The van der Waals surface area contributed by atoms with Gasteiger partial charge in [-0.3, -0.25) is 9.69 Å². The summed E-state index contributed by atoms with van der Waals surface area (Å²) in [6.45, 7) is 4.58. The van der Waals surface area contributed by atoms with Gasteiger partial charge in [0.2, 0.25) is 0 Å². The fraction of sp³-hybridized carbons (Fsp3) is 0.455. The third kappa shape index (κ3) is 3.99. The van der Waals surface area contributed by atoms with Gasteiger partial charge < -0.3 is 18.9 Å². The van der Waals surface area contributed by atoms with Crippen LogP contribution in [0.4, 0.5) is 4.79 Å². The van der Waals surface area contributed by atoms with Gasteiger partial charge >= 0.3 is 12.1 Å². The van der Waals surface area contributed by atoms with Gasteiger partial charge in [-0.1, -0.05) is 35.5 Å². The van der Waals surface area contributed by atoms with Crippen LogP contribution in [0.5, 0.6) is 0 Å². The normalized spacial score (nSPS) is 19.4. The molecule has 9 nitrogen and oxygen atoms in total. The summed E-state index contributed by atoms with van der Waals surface area (Å²) in [6, 6.07) is 8.51. The topological polar surface area (TPSA) is 102 Å². The average molecular weight is 427 g/mol. The molecule has 0 aliphatic carbocycles. The van der Waals surface area contributed by atoms with E-state index < -0.39 is 18.1 Å². The molecule has 1 unspecified atom stereocenters. The lowest BCUT2D eigenvalue weighted by atomic mass is 9.99. The second-order valence-corrected chi connectivity index (χ2v) is 7.60. The highest BCUT2D eigenvalue weighted by atomic mass is 16.6. The van der Waals surface area contributed by atoms with E-state index in [9.17, 15) is 14.4 Å². The lowest BCUT2D eigenvalue weighted by molar-refractivity contribution is -0.148. The lowest BCUT2D eigenvalue weighted by Gasteiger charge is -2.37. The number of esters is 1. The van der Waals surface area contributed by atoms with E-state index >= 15 is 0 Å². The Balaban J connectivity index is 1.46. The first-order valence-electron chi connectivity index (χ1n) is 10.4. The third-order valence-electron chi connectivity index (χ3n) is 5.74. The maximum Gasteiger partial charge on any atom is 0.410 e. The first-order chi connectivity index (χ1) is 15.0. The molecule has 4 rings (SSSR count). The zero-order valence-electron chi connectivity index (χ0n) is 17.6. The number of carbonyl (C=O) groups is 3. The Morgan fingerprint density at radius 2 is 1.90 bits per heavy atom. The number of aryl methyl sites for hydroxylation is 1. The number of likely N-dealkylation sites (tertiary alicyclic amines) is 1. The van der Waals surface area contributed by atoms with Crippen molar-refractivity contribution in [1.29, 1.82) is 0 Å². The van der Waals surface area contributed by atoms with Crippen molar-refractivity contribution < 1.29 is 28.4 Å². The largest absolute Gasteiger partial charge is 0.464 e. The van der Waals surface area contributed by atoms with Crippen molar-refractivity contribution in [3.05, 3.63) is 41.7 Å². The molecule has 164 valence electrons. The number of nitrogens with zero attached hydrogens (tertiary/aromatic N) is 3. The number of hydrogen-bond donors (Lipinski definition) is 0. The molecule has 1 aromatic heterocycles. The van der Waals surface area contributed by atoms with Gasteiger partial charge in [0.25, 0.3) is 5.91 Å². The number of amides is 2. The molecule has 0 saturated carbocycles. The number of hydrogen-bond acceptors (Lipinski definition) is 7. The van der Waals surface area contributed by atoms with Gasteiger partial charge in [0.15, 0.2) is 6.04 Å². The van der Waals surface area contributed by atoms with Gasteiger partial charge in [0.1, 0.15) is 23.6 Å². The number of piperidine rings is 1. The average Bonchev–Trinajstić information content (AvgIpc) is 3.37. The van der Waals surface area contributed by atoms with Gasteiger partial charge in [-0.2, -0.15) is 0 Å². The predicted octanol–water partition coefficient (Wildman–Crippen LogP) is 2.64. The molecule has 2 aliphatic heterocycles. The molecule has 2 aliphatic rings. The van der Waals surface area contributed by atoms with Crippen LogP contribution in [0.1, 0.15) is 35.9 Å². The fourth-order valence-corrected chi connectivity index (χ4v) is 4.18. The van der Waals surface area contributed by atoms with Gasteiger partial charge in [0, 0.05) is 24.7 Å². The summed E-state index contributed by atoms with van der Waals surface area (Å²) in [5, 5.41) is 4.09. The van der Waals surface area contributed by atoms with Gasteiger partial charge in [-0.15, -0.1) is 0 Å². The van der Waals surface area contributed by atoms with Crippen molar-refractivity contribution in [3.63, 3.8) is 0 Å². The van der Waals surface area contributed by atoms with E-state index in [0.29, 0.717) is 42.9 Å². The van der Waals surface area contributed by atoms with Crippen LogP contribution < -0.4 is 0 Å². The van der Waals surface area contributed by atoms with Crippen molar-refractivity contribution in [1.82, 2.24) is 15.0 Å². The molecule has 31 heavy (non-hydrogen) atoms. The summed E-state index contributed by atoms with van der Waals surface area (Å²) >= 11 is 0. The van der Waals surface area contributed by atoms with E-state index in [1.807, 2.05) is 30.3 Å². The van der Waals surface area contributed by atoms with E-state index in [-0.39, 0.29) is 25.2 Å². The highest BCUT2D eigenvalue weighted by Gasteiger charge is 2.44. The van der Waals surface area contributed by atoms with Crippen molar-refractivity contribution in [3.8, 4) is 11.3 Å². The van der Waals surface area contributed by atoms with Crippen LogP contribution in [0, 0.1) is 6.92 Å². The van der Waals surface area contributed by atoms with E-state index in [4.69, 9.17) is 14.0 Å². The minimum Gasteiger partial charge on any atom is -0.464 e. The Morgan fingerprint density at radius 1 is 1.19 bits per heavy atom. The molecule has 0 N–H and O–H groups in total. The number of rotatable bonds is 5. The minimum atomic E-state index is -0.732. The van der Waals surface area contributed by atoms with Crippen LogP contribution >= 0.6 is 0 Å². The van der Waals surface area contributed by atoms with Crippen LogP contribution in [0.3, 0.4) is 0 Å². The zero-order chi connectivity index (χ0) is 22.0. The molecule has 9 heteroatoms. The number of cyclic esters (lactones) is 1. The molecule has 0 bridgehead atoms. The Hall–Kier alpha value is -3.36. The molecule has 2 fully saturated rings. The number of benzene rings is 1. The SMILES string of the molecule is CCOC(=O)C1COC(=O)N1C1CCN(C(=O)c2c(-c3ccccc3)noc2C)CC1. The zero-order valence-corrected chi connectivity index (χ0v) is 17.6. The third-order valence-corrected chi connectivity index (χ3v) is 5.74. The predicted molar refractivity (Wildman–Crippen MR) is 109 cm³/mol. The van der Waals surface area contributed by atoms with Gasteiger partial charge in [0.05, 0.1) is 6.61 Å². The molecule has 2 amide bonds. The second kappa shape index (κ2) is 8.79. The maximum absolute atomic E-state index is 13.3. The van der Waals surface area contributed by atoms with Crippen LogP contribution in [0.2, 0.25) is 0 Å². The number of carbonyl (C=O) groups excluding carboxylic acids is 3. The summed E-state index contributed by atoms with van der Waals surface area (Å²) < 4.78 is 15.5. The fourth-order valence-electron chi connectivity index (χ4n) is 4.18. The molecule has 0 radical (unpaired) electrons. The van der Waals surface area contributed by atoms with Crippen molar-refractivity contribution in [2.24, 2.45) is 0 Å². The van der Waals surface area contributed by atoms with Crippen LogP contribution in [-0.2, 0) is 14.3 Å². The summed E-state index contributed by atoms with van der Waals surface area (Å²) in [5.74, 6) is -0.141. The highest BCUT2D eigenvalue weighted by molar-refractivity contribution is 6.00. The first kappa shape index (κ1) is 20.9. The van der Waals surface area contributed by atoms with Crippen molar-refractivity contribution in [2.45, 2.75) is 38.8 Å². The summed E-state index contributed by atoms with van der Waals surface area (Å²) in [7, 11) is 0. The van der Waals surface area contributed by atoms with Gasteiger partial charge in [-0.25, -0.2) is 9.59 Å². The van der Waals surface area contributed by atoms with E-state index in [1.54, 1.807) is 18.7 Å². The number of ether oxygens (including phenoxy) is 2. The molecular weight excluding hydrogens is 402 g/mol. The van der Waals surface area contributed by atoms with Crippen LogP contribution in [-0.4, -0.2) is 71.3 Å². The van der Waals surface area contributed by atoms with Crippen molar-refractivity contribution >= 4 is 18.0 Å². The molecule has 2 saturated heterocycles. The second-order valence-electron chi connectivity index (χ2n) is 7.60. The van der Waals surface area contributed by atoms with Crippen molar-refractivity contribution in [2.75, 3.05) is 26.3 Å². The molecular formula is C22H25N3O6. The minimum absolute atomic E-state index is 0.00285. The number of aromatic nitrogens is 1. The molecule has 3 heterocycles. The molecule has 1 aromatic carbocycles. The highest BCUT2D eigenvalue weighted by Crippen LogP contribution is 2.29. The van der Waals surface area contributed by atoms with E-state index in [0.717, 1.165) is 5.56 Å². The Labute approximate surface area is 179 Å². The molecule has 1 atom stereocenters. The van der Waals surface area contributed by atoms with Crippen LogP contribution in [0.15, 0.2) is 34.9 Å². The first-order valence-corrected chi connectivity index (χ1v) is 10.4. The van der Waals surface area contributed by atoms with Gasteiger partial charge in [-0.05, 0) is 26.7 Å². The Morgan fingerprint density at radius 3 is 2.58 bits per heavy atom. The summed E-state index contributed by atoms with van der Waals surface area (Å²) in [5.41, 5.74) is 1.79. The monoisotopic (exact) mass is 427 g/mol. The van der Waals surface area contributed by atoms with E-state index in [2.05, 4.69) is 5.16 Å². The summed E-state index contributed by atoms with van der Waals surface area (Å²) in [6.07, 6.45) is 0.577. The summed E-state index contributed by atoms with van der Waals surface area (Å²) in [4.78, 5) is 40.9. The Bertz CT molecular complexity index is 965. The lowest BCUT2D eigenvalue weighted by Crippen LogP contribution is -2.52. The quantitative estimate of drug-likeness (QED) is 0.676. The standard InChI is InChI=1S/C22H25N3O6/c1-3-29-21(27)17-13-30-22(28)25(17)16-9-11-24(12-10-16)20(26)18-14(2)31-23-19(18)15-7-5-4-6-8-15/h4-8,16-17H,3,9-13H2,1-2H3. The molecule has 2 aromatic rings. The maximum atomic E-state index is 13.3. The van der Waals surface area contributed by atoms with Crippen LogP contribution in [0.25, 0.3) is 11.3 Å². The smallest absolute Gasteiger partial charge is 0.410 e. The van der Waals surface area contributed by atoms with E-state index in [1.165, 1.54) is 4.90 Å². The Kier molecular flexibility index (Phi) is 5.92.